The number of thiophene rings is 1. The normalized spacial score (nSPS) is 10.3. The van der Waals surface area contributed by atoms with E-state index in [9.17, 15) is 9.59 Å². The van der Waals surface area contributed by atoms with Crippen LogP contribution in [-0.2, 0) is 0 Å². The second-order valence-electron chi connectivity index (χ2n) is 4.42. The third-order valence-corrected chi connectivity index (χ3v) is 4.09. The van der Waals surface area contributed by atoms with Crippen LogP contribution in [0.25, 0.3) is 10.1 Å². The minimum absolute atomic E-state index is 0.319. The SMILES string of the molecule is O=C(NNC(=O)c1cc2ccccc2s1)c1ccccc1. The average Bonchev–Trinajstić information content (AvgIpc) is 2.97. The molecule has 1 aromatic heterocycles. The Morgan fingerprint density at radius 2 is 1.48 bits per heavy atom. The van der Waals surface area contributed by atoms with Crippen LogP contribution in [0, 0.1) is 0 Å². The van der Waals surface area contributed by atoms with Crippen LogP contribution in [0.5, 0.6) is 0 Å². The molecule has 5 heteroatoms. The van der Waals surface area contributed by atoms with E-state index < -0.39 is 0 Å². The second kappa shape index (κ2) is 5.76. The Bertz CT molecular complexity index is 763. The first-order chi connectivity index (χ1) is 10.2. The number of benzene rings is 2. The minimum Gasteiger partial charge on any atom is -0.267 e. The highest BCUT2D eigenvalue weighted by Gasteiger charge is 2.11. The van der Waals surface area contributed by atoms with Crippen LogP contribution in [0.4, 0.5) is 0 Å². The number of rotatable bonds is 2. The van der Waals surface area contributed by atoms with Gasteiger partial charge >= 0.3 is 0 Å². The van der Waals surface area contributed by atoms with Crippen molar-refractivity contribution < 1.29 is 9.59 Å². The first-order valence-corrected chi connectivity index (χ1v) is 7.20. The van der Waals surface area contributed by atoms with Crippen molar-refractivity contribution in [3.8, 4) is 0 Å². The summed E-state index contributed by atoms with van der Waals surface area (Å²) in [6.45, 7) is 0. The lowest BCUT2D eigenvalue weighted by atomic mass is 10.2. The predicted molar refractivity (Wildman–Crippen MR) is 83.2 cm³/mol. The van der Waals surface area contributed by atoms with Gasteiger partial charge in [-0.05, 0) is 29.7 Å². The molecule has 0 aliphatic heterocycles. The molecule has 3 rings (SSSR count). The van der Waals surface area contributed by atoms with E-state index in [1.54, 1.807) is 24.3 Å². The zero-order valence-corrected chi connectivity index (χ0v) is 11.8. The van der Waals surface area contributed by atoms with E-state index in [0.29, 0.717) is 10.4 Å². The molecule has 2 aromatic carbocycles. The van der Waals surface area contributed by atoms with Crippen molar-refractivity contribution in [2.45, 2.75) is 0 Å². The summed E-state index contributed by atoms with van der Waals surface area (Å²) >= 11 is 1.39. The second-order valence-corrected chi connectivity index (χ2v) is 5.51. The fourth-order valence-corrected chi connectivity index (χ4v) is 2.89. The van der Waals surface area contributed by atoms with Gasteiger partial charge in [0.15, 0.2) is 0 Å². The summed E-state index contributed by atoms with van der Waals surface area (Å²) in [6, 6.07) is 18.3. The number of hydrogen-bond donors (Lipinski definition) is 2. The Kier molecular flexibility index (Phi) is 3.66. The maximum atomic E-state index is 12.0. The summed E-state index contributed by atoms with van der Waals surface area (Å²) in [5.74, 6) is -0.662. The van der Waals surface area contributed by atoms with Crippen molar-refractivity contribution in [2.24, 2.45) is 0 Å². The molecule has 0 bridgehead atoms. The van der Waals surface area contributed by atoms with E-state index in [0.717, 1.165) is 10.1 Å². The first kappa shape index (κ1) is 13.3. The van der Waals surface area contributed by atoms with Crippen LogP contribution in [0.15, 0.2) is 60.7 Å². The summed E-state index contributed by atoms with van der Waals surface area (Å²) in [5.41, 5.74) is 5.33. The molecule has 0 aliphatic rings. The summed E-state index contributed by atoms with van der Waals surface area (Å²) < 4.78 is 1.04. The highest BCUT2D eigenvalue weighted by Crippen LogP contribution is 2.24. The summed E-state index contributed by atoms with van der Waals surface area (Å²) in [7, 11) is 0. The highest BCUT2D eigenvalue weighted by molar-refractivity contribution is 7.20. The van der Waals surface area contributed by atoms with E-state index >= 15 is 0 Å². The molecular formula is C16H12N2O2S. The van der Waals surface area contributed by atoms with Gasteiger partial charge in [-0.2, -0.15) is 0 Å². The molecule has 2 N–H and O–H groups in total. The van der Waals surface area contributed by atoms with Crippen LogP contribution < -0.4 is 10.9 Å². The molecule has 4 nitrogen and oxygen atoms in total. The molecule has 0 aliphatic carbocycles. The summed E-state index contributed by atoms with van der Waals surface area (Å²) in [6.07, 6.45) is 0. The molecule has 0 saturated heterocycles. The molecule has 0 radical (unpaired) electrons. The maximum absolute atomic E-state index is 12.0. The fraction of sp³-hybridized carbons (Fsp3) is 0. The zero-order valence-electron chi connectivity index (χ0n) is 11.0. The smallest absolute Gasteiger partial charge is 0.267 e. The van der Waals surface area contributed by atoms with Gasteiger partial charge in [0.2, 0.25) is 0 Å². The molecular weight excluding hydrogens is 284 g/mol. The number of carbonyl (C=O) groups is 2. The Morgan fingerprint density at radius 3 is 2.24 bits per heavy atom. The van der Waals surface area contributed by atoms with Crippen molar-refractivity contribution in [2.75, 3.05) is 0 Å². The van der Waals surface area contributed by atoms with Crippen LogP contribution in [0.2, 0.25) is 0 Å². The van der Waals surface area contributed by atoms with Crippen molar-refractivity contribution in [3.05, 3.63) is 71.1 Å². The van der Waals surface area contributed by atoms with Gasteiger partial charge in [-0.1, -0.05) is 36.4 Å². The third-order valence-electron chi connectivity index (χ3n) is 2.97. The van der Waals surface area contributed by atoms with Gasteiger partial charge in [-0.15, -0.1) is 11.3 Å². The molecule has 0 unspecified atom stereocenters. The number of nitrogens with one attached hydrogen (secondary N) is 2. The van der Waals surface area contributed by atoms with Crippen molar-refractivity contribution in [1.82, 2.24) is 10.9 Å². The van der Waals surface area contributed by atoms with E-state index in [4.69, 9.17) is 0 Å². The fourth-order valence-electron chi connectivity index (χ4n) is 1.93. The number of hydrazine groups is 1. The predicted octanol–water partition coefficient (Wildman–Crippen LogP) is 2.98. The Hall–Kier alpha value is -2.66. The zero-order chi connectivity index (χ0) is 14.7. The van der Waals surface area contributed by atoms with Gasteiger partial charge in [0.05, 0.1) is 4.88 Å². The molecule has 104 valence electrons. The van der Waals surface area contributed by atoms with Gasteiger partial charge in [-0.3, -0.25) is 20.4 Å². The largest absolute Gasteiger partial charge is 0.279 e. The van der Waals surface area contributed by atoms with Gasteiger partial charge in [0.1, 0.15) is 0 Å². The first-order valence-electron chi connectivity index (χ1n) is 6.38. The molecule has 21 heavy (non-hydrogen) atoms. The van der Waals surface area contributed by atoms with Gasteiger partial charge in [-0.25, -0.2) is 0 Å². The van der Waals surface area contributed by atoms with Crippen LogP contribution in [-0.4, -0.2) is 11.8 Å². The standard InChI is InChI=1S/C16H12N2O2S/c19-15(11-6-2-1-3-7-11)17-18-16(20)14-10-12-8-4-5-9-13(12)21-14/h1-10H,(H,17,19)(H,18,20). The lowest BCUT2D eigenvalue weighted by Crippen LogP contribution is -2.41. The van der Waals surface area contributed by atoms with Crippen LogP contribution in [0.1, 0.15) is 20.0 Å². The molecule has 2 amide bonds. The van der Waals surface area contributed by atoms with Crippen LogP contribution in [0.3, 0.4) is 0 Å². The molecule has 3 aromatic rings. The molecule has 0 fully saturated rings. The third kappa shape index (κ3) is 2.93. The maximum Gasteiger partial charge on any atom is 0.279 e. The highest BCUT2D eigenvalue weighted by atomic mass is 32.1. The molecule has 1 heterocycles. The lowest BCUT2D eigenvalue weighted by molar-refractivity contribution is 0.0849. The Labute approximate surface area is 125 Å². The van der Waals surface area contributed by atoms with Crippen molar-refractivity contribution in [3.63, 3.8) is 0 Å². The van der Waals surface area contributed by atoms with Crippen LogP contribution >= 0.6 is 11.3 Å². The number of hydrogen-bond acceptors (Lipinski definition) is 3. The van der Waals surface area contributed by atoms with E-state index in [1.807, 2.05) is 36.4 Å². The number of fused-ring (bicyclic) bond motifs is 1. The van der Waals surface area contributed by atoms with Gasteiger partial charge in [0, 0.05) is 10.3 Å². The quantitative estimate of drug-likeness (QED) is 0.714. The van der Waals surface area contributed by atoms with Crippen molar-refractivity contribution >= 4 is 33.2 Å². The molecule has 0 atom stereocenters. The van der Waals surface area contributed by atoms with E-state index in [1.165, 1.54) is 11.3 Å². The summed E-state index contributed by atoms with van der Waals surface area (Å²) in [5, 5.41) is 1.02. The molecule has 0 saturated carbocycles. The number of carbonyl (C=O) groups excluding carboxylic acids is 2. The summed E-state index contributed by atoms with van der Waals surface area (Å²) in [4.78, 5) is 24.4. The molecule has 0 spiro atoms. The number of amides is 2. The minimum atomic E-state index is -0.343. The van der Waals surface area contributed by atoms with E-state index in [2.05, 4.69) is 10.9 Å². The van der Waals surface area contributed by atoms with Gasteiger partial charge in [0.25, 0.3) is 11.8 Å². The van der Waals surface area contributed by atoms with E-state index in [-0.39, 0.29) is 11.8 Å². The average molecular weight is 296 g/mol. The Balaban J connectivity index is 1.68. The van der Waals surface area contributed by atoms with Crippen molar-refractivity contribution in [1.29, 1.82) is 0 Å². The lowest BCUT2D eigenvalue weighted by Gasteiger charge is -2.05. The monoisotopic (exact) mass is 296 g/mol. The van der Waals surface area contributed by atoms with Gasteiger partial charge < -0.3 is 0 Å². The Morgan fingerprint density at radius 1 is 0.810 bits per heavy atom. The topological polar surface area (TPSA) is 58.2 Å².